The molecule has 0 radical (unpaired) electrons. The van der Waals surface area contributed by atoms with Crippen LogP contribution in [-0.4, -0.2) is 15.0 Å². The molecule has 10 aromatic rings. The van der Waals surface area contributed by atoms with E-state index in [1.807, 2.05) is 24.3 Å². The molecule has 1 unspecified atom stereocenters. The van der Waals surface area contributed by atoms with Crippen molar-refractivity contribution in [1.82, 2.24) is 15.0 Å². The van der Waals surface area contributed by atoms with Crippen molar-refractivity contribution in [3.63, 3.8) is 0 Å². The van der Waals surface area contributed by atoms with E-state index in [9.17, 15) is 0 Å². The molecule has 0 N–H and O–H groups in total. The molecule has 0 aliphatic heterocycles. The van der Waals surface area contributed by atoms with Gasteiger partial charge in [-0.15, -0.1) is 0 Å². The van der Waals surface area contributed by atoms with E-state index in [-0.39, 0.29) is 28.6 Å². The second kappa shape index (κ2) is 11.4. The summed E-state index contributed by atoms with van der Waals surface area (Å²) in [6.45, 7) is 0. The zero-order valence-corrected chi connectivity index (χ0v) is 29.0. The van der Waals surface area contributed by atoms with Crippen molar-refractivity contribution in [3.05, 3.63) is 209 Å². The monoisotopic (exact) mass is 707 g/mol. The summed E-state index contributed by atoms with van der Waals surface area (Å²) in [7, 11) is 0. The first-order valence-corrected chi connectivity index (χ1v) is 18.0. The van der Waals surface area contributed by atoms with Crippen molar-refractivity contribution in [2.75, 3.05) is 0 Å². The van der Waals surface area contributed by atoms with Crippen LogP contribution in [0.4, 0.5) is 0 Å². The molecule has 0 bridgehead atoms. The SMILES string of the molecule is [2H]c1c([2H])c([2H])c(-c2nc(-c3ccc4c(c3)C3(c5ccccc5C=C4)c4ccccc4-c4c3cc3ccc5cccc6ccc4c3c56)nc(-c3c([2H])c([2H])c([2H])c([2H])c3[2H])n2)c([2H])c1[2H]. The quantitative estimate of drug-likeness (QED) is 0.172. The standard InChI is InChI=1S/C52H31N3/c1-3-13-36(14-4-1)49-53-50(37-15-5-2-6-16-37)55-51(54-49)39-27-24-33-23-22-32-12-7-9-20-42(32)52(44(33)31-39)43-21-10-8-19-40(43)48-41-29-28-35-18-11-17-34-25-26-38(30-45(48)52)47(41)46(34)35/h1-31H/i1D,2D,3D,4D,5D,6D,13D,14D,15D,16D. The van der Waals surface area contributed by atoms with Gasteiger partial charge >= 0.3 is 0 Å². The highest BCUT2D eigenvalue weighted by atomic mass is 15.0. The van der Waals surface area contributed by atoms with E-state index in [0.29, 0.717) is 5.56 Å². The van der Waals surface area contributed by atoms with Gasteiger partial charge in [0.1, 0.15) is 0 Å². The van der Waals surface area contributed by atoms with Crippen LogP contribution in [0.5, 0.6) is 0 Å². The molecule has 0 fully saturated rings. The van der Waals surface area contributed by atoms with Crippen molar-refractivity contribution in [2.24, 2.45) is 0 Å². The fraction of sp³-hybridized carbons (Fsp3) is 0.0192. The molecule has 254 valence electrons. The van der Waals surface area contributed by atoms with Crippen LogP contribution in [0.15, 0.2) is 176 Å². The van der Waals surface area contributed by atoms with Crippen LogP contribution in [0.25, 0.3) is 89.8 Å². The van der Waals surface area contributed by atoms with Crippen molar-refractivity contribution < 1.29 is 13.7 Å². The van der Waals surface area contributed by atoms with E-state index in [0.717, 1.165) is 55.3 Å². The number of hydrogen-bond donors (Lipinski definition) is 0. The minimum absolute atomic E-state index is 0.00475. The third-order valence-corrected chi connectivity index (χ3v) is 11.3. The molecule has 1 spiro atoms. The maximum atomic E-state index is 8.86. The van der Waals surface area contributed by atoms with Crippen LogP contribution in [0, 0.1) is 0 Å². The van der Waals surface area contributed by atoms with Gasteiger partial charge in [0.25, 0.3) is 0 Å². The lowest BCUT2D eigenvalue weighted by molar-refractivity contribution is 0.768. The molecule has 3 heteroatoms. The summed E-state index contributed by atoms with van der Waals surface area (Å²) < 4.78 is 85.8. The first kappa shape index (κ1) is 22.1. The minimum atomic E-state index is -0.902. The summed E-state index contributed by atoms with van der Waals surface area (Å²) in [5, 5.41) is 7.00. The molecule has 2 aliphatic rings. The van der Waals surface area contributed by atoms with Crippen molar-refractivity contribution in [3.8, 4) is 45.3 Å². The smallest absolute Gasteiger partial charge is 0.164 e. The van der Waals surface area contributed by atoms with Gasteiger partial charge < -0.3 is 0 Å². The van der Waals surface area contributed by atoms with E-state index in [1.165, 1.54) is 21.5 Å². The molecule has 3 nitrogen and oxygen atoms in total. The van der Waals surface area contributed by atoms with Gasteiger partial charge in [-0.2, -0.15) is 0 Å². The number of benzene rings is 9. The molecule has 0 saturated heterocycles. The van der Waals surface area contributed by atoms with E-state index >= 15 is 0 Å². The van der Waals surface area contributed by atoms with Gasteiger partial charge in [0, 0.05) is 16.7 Å². The number of fused-ring (bicyclic) bond motifs is 10. The molecule has 9 aromatic carbocycles. The Hall–Kier alpha value is -7.23. The van der Waals surface area contributed by atoms with Gasteiger partial charge in [-0.25, -0.2) is 15.0 Å². The summed E-state index contributed by atoms with van der Waals surface area (Å²) in [4.78, 5) is 14.1. The Bertz CT molecular complexity index is 3650. The average molecular weight is 708 g/mol. The average Bonchev–Trinajstić information content (AvgIpc) is 3.53. The fourth-order valence-corrected chi connectivity index (χ4v) is 9.08. The molecule has 2 aliphatic carbocycles. The normalized spacial score (nSPS) is 17.8. The highest BCUT2D eigenvalue weighted by molar-refractivity contribution is 6.26. The second-order valence-corrected chi connectivity index (χ2v) is 14.0. The topological polar surface area (TPSA) is 38.7 Å². The van der Waals surface area contributed by atoms with Gasteiger partial charge in [0.05, 0.1) is 19.1 Å². The Labute approximate surface area is 332 Å². The summed E-state index contributed by atoms with van der Waals surface area (Å²) in [6, 6.07) is 34.4. The molecule has 55 heavy (non-hydrogen) atoms. The first-order valence-electron chi connectivity index (χ1n) is 23.0. The molecular formula is C52H31N3. The lowest BCUT2D eigenvalue weighted by Crippen LogP contribution is -2.30. The summed E-state index contributed by atoms with van der Waals surface area (Å²) >= 11 is 0. The number of hydrogen-bond acceptors (Lipinski definition) is 3. The predicted molar refractivity (Wildman–Crippen MR) is 226 cm³/mol. The van der Waals surface area contributed by atoms with Crippen LogP contribution < -0.4 is 0 Å². The third kappa shape index (κ3) is 4.24. The zero-order valence-electron chi connectivity index (χ0n) is 39.0. The van der Waals surface area contributed by atoms with E-state index in [2.05, 4.69) is 108 Å². The zero-order chi connectivity index (χ0) is 44.8. The lowest BCUT2D eigenvalue weighted by atomic mass is 9.65. The van der Waals surface area contributed by atoms with Crippen molar-refractivity contribution in [1.29, 1.82) is 0 Å². The maximum absolute atomic E-state index is 8.86. The molecule has 0 amide bonds. The molecule has 1 atom stereocenters. The number of nitrogens with zero attached hydrogens (tertiary/aromatic N) is 3. The Morgan fingerprint density at radius 3 is 1.75 bits per heavy atom. The maximum Gasteiger partial charge on any atom is 0.164 e. The second-order valence-electron chi connectivity index (χ2n) is 14.0. The van der Waals surface area contributed by atoms with E-state index in [1.54, 1.807) is 0 Å². The minimum Gasteiger partial charge on any atom is -0.208 e. The Morgan fingerprint density at radius 2 is 1.02 bits per heavy atom. The van der Waals surface area contributed by atoms with E-state index in [4.69, 9.17) is 23.7 Å². The Kier molecular flexibility index (Phi) is 4.57. The summed E-state index contributed by atoms with van der Waals surface area (Å²) in [6.07, 6.45) is 4.23. The van der Waals surface area contributed by atoms with Crippen LogP contribution in [0.3, 0.4) is 0 Å². The molecule has 12 rings (SSSR count). The van der Waals surface area contributed by atoms with Crippen molar-refractivity contribution in [2.45, 2.75) is 5.41 Å². The highest BCUT2D eigenvalue weighted by Crippen LogP contribution is 2.61. The number of rotatable bonds is 3. The van der Waals surface area contributed by atoms with Gasteiger partial charge in [0.2, 0.25) is 0 Å². The van der Waals surface area contributed by atoms with E-state index < -0.39 is 65.8 Å². The van der Waals surface area contributed by atoms with Gasteiger partial charge in [-0.05, 0) is 89.0 Å². The highest BCUT2D eigenvalue weighted by Gasteiger charge is 2.49. The van der Waals surface area contributed by atoms with Crippen LogP contribution >= 0.6 is 0 Å². The van der Waals surface area contributed by atoms with Crippen LogP contribution in [0.1, 0.15) is 47.1 Å². The van der Waals surface area contributed by atoms with Gasteiger partial charge in [-0.1, -0.05) is 176 Å². The fourth-order valence-electron chi connectivity index (χ4n) is 9.08. The van der Waals surface area contributed by atoms with Crippen LogP contribution in [0.2, 0.25) is 0 Å². The van der Waals surface area contributed by atoms with Gasteiger partial charge in [0.15, 0.2) is 17.5 Å². The Balaban J connectivity index is 1.19. The largest absolute Gasteiger partial charge is 0.208 e. The first-order chi connectivity index (χ1) is 31.4. The molecular weight excluding hydrogens is 667 g/mol. The summed E-state index contributed by atoms with van der Waals surface area (Å²) in [5.74, 6) is -0.626. The third-order valence-electron chi connectivity index (χ3n) is 11.3. The number of aromatic nitrogens is 3. The molecule has 1 heterocycles. The molecule has 0 saturated carbocycles. The molecule has 1 aromatic heterocycles. The van der Waals surface area contributed by atoms with Crippen molar-refractivity contribution >= 4 is 44.5 Å². The predicted octanol–water partition coefficient (Wildman–Crippen LogP) is 12.6. The van der Waals surface area contributed by atoms with Gasteiger partial charge in [-0.3, -0.25) is 0 Å². The Morgan fingerprint density at radius 1 is 0.418 bits per heavy atom. The summed E-state index contributed by atoms with van der Waals surface area (Å²) in [5.41, 5.74) is 7.24. The lowest BCUT2D eigenvalue weighted by Gasteiger charge is -2.35. The van der Waals surface area contributed by atoms with Crippen LogP contribution in [-0.2, 0) is 5.41 Å².